The maximum absolute atomic E-state index is 11.7. The Labute approximate surface area is 135 Å². The Balaban J connectivity index is 1.98. The summed E-state index contributed by atoms with van der Waals surface area (Å²) in [5.74, 6) is -0.311. The van der Waals surface area contributed by atoms with Gasteiger partial charge in [0.25, 0.3) is 0 Å². The van der Waals surface area contributed by atoms with Gasteiger partial charge < -0.3 is 30.4 Å². The van der Waals surface area contributed by atoms with E-state index in [0.29, 0.717) is 32.3 Å². The normalized spacial score (nSPS) is 11.3. The molecule has 8 nitrogen and oxygen atoms in total. The highest BCUT2D eigenvalue weighted by Gasteiger charge is 2.10. The van der Waals surface area contributed by atoms with Gasteiger partial charge in [-0.1, -0.05) is 12.1 Å². The van der Waals surface area contributed by atoms with Crippen LogP contribution in [0.5, 0.6) is 5.75 Å². The number of carbonyl (C=O) groups is 1. The minimum atomic E-state index is -0.579. The number of carbonyl (C=O) groups excluding carboxylic acids is 1. The number of nitrogens with one attached hydrogen (secondary N) is 1. The van der Waals surface area contributed by atoms with Gasteiger partial charge in [-0.2, -0.15) is 0 Å². The Kier molecular flexibility index (Phi) is 9.18. The van der Waals surface area contributed by atoms with E-state index < -0.39 is 5.97 Å². The highest BCUT2D eigenvalue weighted by Crippen LogP contribution is 2.16. The van der Waals surface area contributed by atoms with Crippen LogP contribution in [0.15, 0.2) is 29.3 Å². The fourth-order valence-corrected chi connectivity index (χ4v) is 1.57. The van der Waals surface area contributed by atoms with Crippen LogP contribution in [-0.2, 0) is 14.2 Å². The molecule has 0 saturated heterocycles. The number of nitrogens with zero attached hydrogens (tertiary/aromatic N) is 1. The molecule has 0 fully saturated rings. The number of benzene rings is 1. The van der Waals surface area contributed by atoms with Crippen molar-refractivity contribution in [3.05, 3.63) is 29.8 Å². The number of hydrogen-bond donors (Lipinski definition) is 3. The topological polar surface area (TPSA) is 115 Å². The molecule has 1 rings (SSSR count). The number of hydrogen-bond acceptors (Lipinski definition) is 6. The molecule has 128 valence electrons. The van der Waals surface area contributed by atoms with Gasteiger partial charge in [0.15, 0.2) is 5.96 Å². The van der Waals surface area contributed by atoms with Crippen LogP contribution in [0.1, 0.15) is 10.4 Å². The van der Waals surface area contributed by atoms with Gasteiger partial charge in [-0.15, -0.1) is 0 Å². The fraction of sp³-hybridized carbons (Fsp3) is 0.467. The average molecular weight is 325 g/mol. The third kappa shape index (κ3) is 8.03. The molecule has 0 unspecified atom stereocenters. The summed E-state index contributed by atoms with van der Waals surface area (Å²) >= 11 is 0. The standard InChI is InChI=1S/C15H23N3O5/c1-17-15(16)18-6-7-21-8-9-22-10-11-23-14(20)12-4-2-3-5-13(12)19/h2-5,19H,6-11H2,1H3,(H3,16,17,18). The number of aliphatic imine (C=N–C) groups is 1. The molecule has 4 N–H and O–H groups in total. The van der Waals surface area contributed by atoms with Crippen molar-refractivity contribution in [1.29, 1.82) is 0 Å². The van der Waals surface area contributed by atoms with Crippen molar-refractivity contribution < 1.29 is 24.1 Å². The molecule has 0 spiro atoms. The van der Waals surface area contributed by atoms with Gasteiger partial charge in [0.05, 0.1) is 26.4 Å². The van der Waals surface area contributed by atoms with Gasteiger partial charge >= 0.3 is 5.97 Å². The third-order valence-electron chi connectivity index (χ3n) is 2.75. The number of nitrogens with two attached hydrogens (primary N) is 1. The third-order valence-corrected chi connectivity index (χ3v) is 2.75. The van der Waals surface area contributed by atoms with E-state index in [1.807, 2.05) is 0 Å². The van der Waals surface area contributed by atoms with Crippen LogP contribution < -0.4 is 11.1 Å². The lowest BCUT2D eigenvalue weighted by Gasteiger charge is -2.08. The molecule has 0 radical (unpaired) electrons. The highest BCUT2D eigenvalue weighted by atomic mass is 16.6. The van der Waals surface area contributed by atoms with E-state index in [-0.39, 0.29) is 24.5 Å². The molecule has 23 heavy (non-hydrogen) atoms. The molecular weight excluding hydrogens is 302 g/mol. The maximum atomic E-state index is 11.7. The number of para-hydroxylation sites is 1. The molecule has 0 amide bonds. The van der Waals surface area contributed by atoms with Crippen LogP contribution in [0.4, 0.5) is 0 Å². The number of rotatable bonds is 10. The zero-order chi connectivity index (χ0) is 16.9. The molecule has 0 saturated carbocycles. The van der Waals surface area contributed by atoms with E-state index in [1.165, 1.54) is 12.1 Å². The van der Waals surface area contributed by atoms with Crippen LogP contribution in [0.25, 0.3) is 0 Å². The lowest BCUT2D eigenvalue weighted by atomic mass is 10.2. The first-order chi connectivity index (χ1) is 11.1. The van der Waals surface area contributed by atoms with E-state index in [2.05, 4.69) is 10.3 Å². The Bertz CT molecular complexity index is 508. The maximum Gasteiger partial charge on any atom is 0.341 e. The zero-order valence-electron chi connectivity index (χ0n) is 13.2. The number of esters is 1. The van der Waals surface area contributed by atoms with Crippen LogP contribution >= 0.6 is 0 Å². The summed E-state index contributed by atoms with van der Waals surface area (Å²) in [6.45, 7) is 2.25. The fourth-order valence-electron chi connectivity index (χ4n) is 1.57. The Hall–Kier alpha value is -2.32. The van der Waals surface area contributed by atoms with E-state index in [1.54, 1.807) is 19.2 Å². The Morgan fingerprint density at radius 3 is 2.52 bits per heavy atom. The number of phenolic OH excluding ortho intramolecular Hbond substituents is 1. The van der Waals surface area contributed by atoms with Crippen LogP contribution in [0.2, 0.25) is 0 Å². The minimum absolute atomic E-state index is 0.103. The predicted octanol–water partition coefficient (Wildman–Crippen LogP) is 0.116. The number of phenols is 1. The first-order valence-electron chi connectivity index (χ1n) is 7.22. The summed E-state index contributed by atoms with van der Waals surface area (Å²) in [7, 11) is 1.60. The summed E-state index contributed by atoms with van der Waals surface area (Å²) < 4.78 is 15.6. The Morgan fingerprint density at radius 2 is 1.83 bits per heavy atom. The zero-order valence-corrected chi connectivity index (χ0v) is 13.2. The highest BCUT2D eigenvalue weighted by molar-refractivity contribution is 5.92. The lowest BCUT2D eigenvalue weighted by molar-refractivity contribution is 0.0152. The number of ether oxygens (including phenoxy) is 3. The van der Waals surface area contributed by atoms with Crippen molar-refractivity contribution in [2.75, 3.05) is 46.6 Å². The summed E-state index contributed by atoms with van der Waals surface area (Å²) in [5.41, 5.74) is 5.58. The quantitative estimate of drug-likeness (QED) is 0.242. The van der Waals surface area contributed by atoms with E-state index in [9.17, 15) is 9.90 Å². The summed E-state index contributed by atoms with van der Waals surface area (Å²) in [5, 5.41) is 12.4. The second-order valence-electron chi connectivity index (χ2n) is 4.41. The first-order valence-corrected chi connectivity index (χ1v) is 7.22. The summed E-state index contributed by atoms with van der Waals surface area (Å²) in [4.78, 5) is 15.4. The van der Waals surface area contributed by atoms with Crippen molar-refractivity contribution >= 4 is 11.9 Å². The molecule has 0 aliphatic carbocycles. The molecule has 8 heteroatoms. The van der Waals surface area contributed by atoms with Gasteiger partial charge in [0.2, 0.25) is 0 Å². The monoisotopic (exact) mass is 325 g/mol. The van der Waals surface area contributed by atoms with Gasteiger partial charge in [0, 0.05) is 13.6 Å². The van der Waals surface area contributed by atoms with Gasteiger partial charge in [-0.25, -0.2) is 4.79 Å². The lowest BCUT2D eigenvalue weighted by Crippen LogP contribution is -2.34. The smallest absolute Gasteiger partial charge is 0.341 e. The number of aromatic hydroxyl groups is 1. The predicted molar refractivity (Wildman–Crippen MR) is 85.6 cm³/mol. The largest absolute Gasteiger partial charge is 0.507 e. The van der Waals surface area contributed by atoms with Crippen molar-refractivity contribution in [3.63, 3.8) is 0 Å². The van der Waals surface area contributed by atoms with Crippen molar-refractivity contribution in [2.24, 2.45) is 10.7 Å². The first kappa shape index (κ1) is 18.7. The summed E-state index contributed by atoms with van der Waals surface area (Å²) in [6, 6.07) is 6.21. The van der Waals surface area contributed by atoms with Gasteiger partial charge in [-0.05, 0) is 12.1 Å². The summed E-state index contributed by atoms with van der Waals surface area (Å²) in [6.07, 6.45) is 0. The molecule has 0 atom stereocenters. The Morgan fingerprint density at radius 1 is 1.17 bits per heavy atom. The molecule has 0 bridgehead atoms. The number of guanidine groups is 1. The molecule has 0 aliphatic rings. The second-order valence-corrected chi connectivity index (χ2v) is 4.41. The van der Waals surface area contributed by atoms with Crippen LogP contribution in [0.3, 0.4) is 0 Å². The average Bonchev–Trinajstić information content (AvgIpc) is 2.56. The van der Waals surface area contributed by atoms with E-state index >= 15 is 0 Å². The SMILES string of the molecule is CN=C(N)NCCOCCOCCOC(=O)c1ccccc1O. The minimum Gasteiger partial charge on any atom is -0.507 e. The molecule has 1 aromatic carbocycles. The van der Waals surface area contributed by atoms with Crippen LogP contribution in [0, 0.1) is 0 Å². The van der Waals surface area contributed by atoms with Gasteiger partial charge in [0.1, 0.15) is 17.9 Å². The van der Waals surface area contributed by atoms with Crippen LogP contribution in [-0.4, -0.2) is 63.7 Å². The van der Waals surface area contributed by atoms with Gasteiger partial charge in [-0.3, -0.25) is 4.99 Å². The second kappa shape index (κ2) is 11.3. The molecule has 1 aromatic rings. The van der Waals surface area contributed by atoms with E-state index in [4.69, 9.17) is 19.9 Å². The molecule has 0 heterocycles. The van der Waals surface area contributed by atoms with Crippen molar-refractivity contribution in [3.8, 4) is 5.75 Å². The molecule has 0 aliphatic heterocycles. The van der Waals surface area contributed by atoms with E-state index in [0.717, 1.165) is 0 Å². The van der Waals surface area contributed by atoms with Crippen molar-refractivity contribution in [1.82, 2.24) is 5.32 Å². The molecular formula is C15H23N3O5. The molecule has 0 aromatic heterocycles. The van der Waals surface area contributed by atoms with Crippen molar-refractivity contribution in [2.45, 2.75) is 0 Å².